The SMILES string of the molecule is NCc1cccc(S(=O)(=O)CCSc2ncc[nH]2)c1. The van der Waals surface area contributed by atoms with Gasteiger partial charge >= 0.3 is 0 Å². The van der Waals surface area contributed by atoms with E-state index in [4.69, 9.17) is 5.73 Å². The van der Waals surface area contributed by atoms with E-state index in [1.54, 1.807) is 30.6 Å². The number of nitrogens with zero attached hydrogens (tertiary/aromatic N) is 1. The molecule has 0 bridgehead atoms. The standard InChI is InChI=1S/C12H15N3O2S2/c13-9-10-2-1-3-11(8-10)19(16,17)7-6-18-12-14-4-5-15-12/h1-5,8H,6-7,9,13H2,(H,14,15). The molecule has 1 aromatic heterocycles. The van der Waals surface area contributed by atoms with Crippen LogP contribution in [-0.2, 0) is 16.4 Å². The van der Waals surface area contributed by atoms with Crippen molar-refractivity contribution in [2.75, 3.05) is 11.5 Å². The number of aromatic amines is 1. The van der Waals surface area contributed by atoms with Crippen LogP contribution in [0, 0.1) is 0 Å². The first kappa shape index (κ1) is 14.1. The lowest BCUT2D eigenvalue weighted by molar-refractivity contribution is 0.597. The second-order valence-electron chi connectivity index (χ2n) is 3.91. The summed E-state index contributed by atoms with van der Waals surface area (Å²) in [6, 6.07) is 6.77. The highest BCUT2D eigenvalue weighted by Crippen LogP contribution is 2.17. The molecule has 102 valence electrons. The van der Waals surface area contributed by atoms with Gasteiger partial charge in [0.25, 0.3) is 0 Å². The molecular weight excluding hydrogens is 282 g/mol. The van der Waals surface area contributed by atoms with E-state index in [2.05, 4.69) is 9.97 Å². The average Bonchev–Trinajstić information content (AvgIpc) is 2.92. The Morgan fingerprint density at radius 3 is 2.89 bits per heavy atom. The van der Waals surface area contributed by atoms with Gasteiger partial charge in [-0.3, -0.25) is 0 Å². The molecule has 0 aliphatic heterocycles. The summed E-state index contributed by atoms with van der Waals surface area (Å²) in [6.07, 6.45) is 3.35. The Morgan fingerprint density at radius 2 is 2.21 bits per heavy atom. The molecule has 2 rings (SSSR count). The summed E-state index contributed by atoms with van der Waals surface area (Å²) in [7, 11) is -3.26. The maximum absolute atomic E-state index is 12.1. The number of H-pyrrole nitrogens is 1. The first-order valence-corrected chi connectivity index (χ1v) is 8.39. The van der Waals surface area contributed by atoms with Gasteiger partial charge < -0.3 is 10.7 Å². The Labute approximate surface area is 116 Å². The van der Waals surface area contributed by atoms with Gasteiger partial charge in [0.1, 0.15) is 0 Å². The van der Waals surface area contributed by atoms with Crippen molar-refractivity contribution in [3.63, 3.8) is 0 Å². The van der Waals surface area contributed by atoms with Crippen molar-refractivity contribution >= 4 is 21.6 Å². The topological polar surface area (TPSA) is 88.8 Å². The molecule has 0 saturated carbocycles. The van der Waals surface area contributed by atoms with Crippen molar-refractivity contribution in [2.24, 2.45) is 5.73 Å². The Hall–Kier alpha value is -1.31. The minimum atomic E-state index is -3.26. The van der Waals surface area contributed by atoms with E-state index >= 15 is 0 Å². The lowest BCUT2D eigenvalue weighted by Crippen LogP contribution is -2.10. The van der Waals surface area contributed by atoms with Crippen LogP contribution in [0.25, 0.3) is 0 Å². The highest BCUT2D eigenvalue weighted by atomic mass is 32.2. The third kappa shape index (κ3) is 3.82. The largest absolute Gasteiger partial charge is 0.340 e. The van der Waals surface area contributed by atoms with Crippen LogP contribution < -0.4 is 5.73 Å². The van der Waals surface area contributed by atoms with Gasteiger partial charge in [-0.25, -0.2) is 13.4 Å². The van der Waals surface area contributed by atoms with Gasteiger partial charge in [0.05, 0.1) is 10.6 Å². The molecule has 0 amide bonds. The van der Waals surface area contributed by atoms with Crippen LogP contribution in [-0.4, -0.2) is 29.9 Å². The summed E-state index contributed by atoms with van der Waals surface area (Å²) in [5.41, 5.74) is 6.33. The molecule has 0 atom stereocenters. The van der Waals surface area contributed by atoms with E-state index in [1.165, 1.54) is 11.8 Å². The summed E-state index contributed by atoms with van der Waals surface area (Å²) < 4.78 is 24.3. The van der Waals surface area contributed by atoms with E-state index in [-0.39, 0.29) is 5.75 Å². The first-order chi connectivity index (χ1) is 9.12. The van der Waals surface area contributed by atoms with Gasteiger partial charge in [-0.2, -0.15) is 0 Å². The lowest BCUT2D eigenvalue weighted by atomic mass is 10.2. The van der Waals surface area contributed by atoms with Crippen molar-refractivity contribution in [3.8, 4) is 0 Å². The number of thioether (sulfide) groups is 1. The highest BCUT2D eigenvalue weighted by Gasteiger charge is 2.14. The molecule has 1 aromatic carbocycles. The summed E-state index contributed by atoms with van der Waals surface area (Å²) in [6.45, 7) is 0.338. The van der Waals surface area contributed by atoms with Gasteiger partial charge in [0.2, 0.25) is 0 Å². The van der Waals surface area contributed by atoms with Crippen LogP contribution in [0.2, 0.25) is 0 Å². The zero-order valence-electron chi connectivity index (χ0n) is 10.2. The molecule has 0 aliphatic carbocycles. The van der Waals surface area contributed by atoms with E-state index in [0.29, 0.717) is 17.2 Å². The van der Waals surface area contributed by atoms with E-state index in [9.17, 15) is 8.42 Å². The fourth-order valence-corrected chi connectivity index (χ4v) is 4.11. The number of sulfone groups is 1. The number of benzene rings is 1. The number of nitrogens with two attached hydrogens (primary N) is 1. The quantitative estimate of drug-likeness (QED) is 0.787. The molecule has 0 radical (unpaired) electrons. The monoisotopic (exact) mass is 297 g/mol. The van der Waals surface area contributed by atoms with Gasteiger partial charge in [-0.05, 0) is 17.7 Å². The van der Waals surface area contributed by atoms with Crippen molar-refractivity contribution < 1.29 is 8.42 Å². The van der Waals surface area contributed by atoms with Gasteiger partial charge in [0.15, 0.2) is 15.0 Å². The third-order valence-corrected chi connectivity index (χ3v) is 5.43. The number of hydrogen-bond donors (Lipinski definition) is 2. The predicted molar refractivity (Wildman–Crippen MR) is 75.7 cm³/mol. The highest BCUT2D eigenvalue weighted by molar-refractivity contribution is 8.00. The molecule has 3 N–H and O–H groups in total. The van der Waals surface area contributed by atoms with Gasteiger partial charge in [-0.15, -0.1) is 0 Å². The number of nitrogens with one attached hydrogen (secondary N) is 1. The Balaban J connectivity index is 2.01. The second-order valence-corrected chi connectivity index (χ2v) is 7.11. The molecular formula is C12H15N3O2S2. The minimum Gasteiger partial charge on any atom is -0.340 e. The van der Waals surface area contributed by atoms with Crippen LogP contribution in [0.15, 0.2) is 46.7 Å². The van der Waals surface area contributed by atoms with E-state index in [0.717, 1.165) is 10.7 Å². The molecule has 0 saturated heterocycles. The van der Waals surface area contributed by atoms with Crippen molar-refractivity contribution in [3.05, 3.63) is 42.2 Å². The van der Waals surface area contributed by atoms with Gasteiger partial charge in [-0.1, -0.05) is 23.9 Å². The fourth-order valence-electron chi connectivity index (χ4n) is 1.56. The van der Waals surface area contributed by atoms with E-state index < -0.39 is 9.84 Å². The van der Waals surface area contributed by atoms with Crippen LogP contribution in [0.3, 0.4) is 0 Å². The Kier molecular flexibility index (Phi) is 4.62. The van der Waals surface area contributed by atoms with Crippen molar-refractivity contribution in [2.45, 2.75) is 16.6 Å². The van der Waals surface area contributed by atoms with Crippen LogP contribution >= 0.6 is 11.8 Å². The molecule has 7 heteroatoms. The Bertz CT molecular complexity index is 624. The van der Waals surface area contributed by atoms with Crippen molar-refractivity contribution in [1.29, 1.82) is 0 Å². The van der Waals surface area contributed by atoms with Crippen LogP contribution in [0.1, 0.15) is 5.56 Å². The zero-order chi connectivity index (χ0) is 13.7. The van der Waals surface area contributed by atoms with Crippen molar-refractivity contribution in [1.82, 2.24) is 9.97 Å². The van der Waals surface area contributed by atoms with E-state index in [1.807, 2.05) is 6.07 Å². The maximum atomic E-state index is 12.1. The predicted octanol–water partition coefficient (Wildman–Crippen LogP) is 1.43. The smallest absolute Gasteiger partial charge is 0.179 e. The number of rotatable bonds is 6. The fraction of sp³-hybridized carbons (Fsp3) is 0.250. The molecule has 0 fully saturated rings. The average molecular weight is 297 g/mol. The van der Waals surface area contributed by atoms with Gasteiger partial charge in [0, 0.05) is 24.7 Å². The molecule has 0 unspecified atom stereocenters. The zero-order valence-corrected chi connectivity index (χ0v) is 11.9. The molecule has 0 spiro atoms. The number of imidazole rings is 1. The number of hydrogen-bond acceptors (Lipinski definition) is 5. The summed E-state index contributed by atoms with van der Waals surface area (Å²) in [5.74, 6) is 0.537. The lowest BCUT2D eigenvalue weighted by Gasteiger charge is -2.05. The van der Waals surface area contributed by atoms with Crippen LogP contribution in [0.5, 0.6) is 0 Å². The molecule has 0 aliphatic rings. The third-order valence-electron chi connectivity index (χ3n) is 2.56. The molecule has 5 nitrogen and oxygen atoms in total. The van der Waals surface area contributed by atoms with Crippen LogP contribution in [0.4, 0.5) is 0 Å². The molecule has 2 aromatic rings. The minimum absolute atomic E-state index is 0.0758. The summed E-state index contributed by atoms with van der Waals surface area (Å²) >= 11 is 1.39. The summed E-state index contributed by atoms with van der Waals surface area (Å²) in [5, 5.41) is 0.728. The normalized spacial score (nSPS) is 11.6. The second kappa shape index (κ2) is 6.23. The number of aromatic nitrogens is 2. The first-order valence-electron chi connectivity index (χ1n) is 5.76. The molecule has 19 heavy (non-hydrogen) atoms. The Morgan fingerprint density at radius 1 is 1.37 bits per heavy atom. The maximum Gasteiger partial charge on any atom is 0.179 e. The summed E-state index contributed by atoms with van der Waals surface area (Å²) in [4.78, 5) is 7.28. The molecule has 1 heterocycles.